The van der Waals surface area contributed by atoms with Crippen LogP contribution >= 0.6 is 11.6 Å². The Morgan fingerprint density at radius 3 is 2.67 bits per heavy atom. The molecule has 0 saturated carbocycles. The second kappa shape index (κ2) is 5.58. The maximum atomic E-state index is 12.2. The number of aromatic nitrogens is 2. The number of hydrogen-bond acceptors (Lipinski definition) is 2. The first-order valence-corrected chi connectivity index (χ1v) is 7.03. The second-order valence-electron chi connectivity index (χ2n) is 4.81. The molecule has 4 nitrogen and oxygen atoms in total. The van der Waals surface area contributed by atoms with Crippen molar-refractivity contribution < 1.29 is 4.79 Å². The van der Waals surface area contributed by atoms with Crippen LogP contribution in [0.5, 0.6) is 0 Å². The number of imidazole rings is 1. The lowest BCUT2D eigenvalue weighted by molar-refractivity contribution is 0.0938. The van der Waals surface area contributed by atoms with E-state index < -0.39 is 0 Å². The molecule has 1 aromatic heterocycles. The van der Waals surface area contributed by atoms with Crippen LogP contribution in [0.3, 0.4) is 0 Å². The van der Waals surface area contributed by atoms with Crippen LogP contribution < -0.4 is 5.32 Å². The molecule has 1 atom stereocenters. The Balaban J connectivity index is 1.81. The molecule has 2 aromatic carbocycles. The summed E-state index contributed by atoms with van der Waals surface area (Å²) in [7, 11) is 0. The number of rotatable bonds is 3. The van der Waals surface area contributed by atoms with Gasteiger partial charge < -0.3 is 10.3 Å². The largest absolute Gasteiger partial charge is 0.342 e. The number of amides is 1. The van der Waals surface area contributed by atoms with Gasteiger partial charge in [0.25, 0.3) is 5.91 Å². The maximum absolute atomic E-state index is 12.2. The van der Waals surface area contributed by atoms with Crippen molar-refractivity contribution >= 4 is 28.5 Å². The van der Waals surface area contributed by atoms with Gasteiger partial charge in [-0.3, -0.25) is 4.79 Å². The van der Waals surface area contributed by atoms with E-state index in [4.69, 9.17) is 11.6 Å². The molecule has 5 heteroatoms. The highest BCUT2D eigenvalue weighted by Crippen LogP contribution is 2.18. The lowest BCUT2D eigenvalue weighted by Crippen LogP contribution is -2.27. The molecule has 0 aliphatic carbocycles. The summed E-state index contributed by atoms with van der Waals surface area (Å²) in [5.74, 6) is 0.505. The van der Waals surface area contributed by atoms with Crippen LogP contribution in [0.4, 0.5) is 0 Å². The molecular weight excluding hydrogens is 286 g/mol. The molecular formula is C16H14ClN3O. The number of para-hydroxylation sites is 2. The molecule has 0 radical (unpaired) electrons. The Hall–Kier alpha value is -2.33. The average molecular weight is 300 g/mol. The van der Waals surface area contributed by atoms with Gasteiger partial charge in [0.05, 0.1) is 27.7 Å². The summed E-state index contributed by atoms with van der Waals surface area (Å²) in [6.07, 6.45) is 0. The number of benzene rings is 2. The Kier molecular flexibility index (Phi) is 3.62. The van der Waals surface area contributed by atoms with Crippen molar-refractivity contribution in [1.29, 1.82) is 0 Å². The fraction of sp³-hybridized carbons (Fsp3) is 0.125. The van der Waals surface area contributed by atoms with E-state index in [1.807, 2.05) is 31.2 Å². The number of nitrogens with one attached hydrogen (secondary N) is 2. The summed E-state index contributed by atoms with van der Waals surface area (Å²) in [6.45, 7) is 1.88. The number of halogens is 1. The topological polar surface area (TPSA) is 57.8 Å². The van der Waals surface area contributed by atoms with Gasteiger partial charge in [0.2, 0.25) is 0 Å². The normalized spacial score (nSPS) is 12.3. The van der Waals surface area contributed by atoms with Crippen LogP contribution in [-0.4, -0.2) is 15.9 Å². The third kappa shape index (κ3) is 2.76. The number of aromatic amines is 1. The highest BCUT2D eigenvalue weighted by molar-refractivity contribution is 6.33. The second-order valence-corrected chi connectivity index (χ2v) is 5.22. The van der Waals surface area contributed by atoms with E-state index in [0.717, 1.165) is 16.9 Å². The van der Waals surface area contributed by atoms with Crippen molar-refractivity contribution in [2.24, 2.45) is 0 Å². The van der Waals surface area contributed by atoms with Crippen molar-refractivity contribution in [3.63, 3.8) is 0 Å². The molecule has 106 valence electrons. The highest BCUT2D eigenvalue weighted by Gasteiger charge is 2.16. The first kappa shape index (κ1) is 13.6. The first-order valence-electron chi connectivity index (χ1n) is 6.65. The lowest BCUT2D eigenvalue weighted by atomic mass is 10.2. The van der Waals surface area contributed by atoms with Gasteiger partial charge >= 0.3 is 0 Å². The van der Waals surface area contributed by atoms with Crippen LogP contribution in [0.2, 0.25) is 5.02 Å². The monoisotopic (exact) mass is 299 g/mol. The minimum absolute atomic E-state index is 0.214. The SMILES string of the molecule is C[C@@H](NC(=O)c1ccccc1Cl)c1nc2ccccc2[nH]1. The van der Waals surface area contributed by atoms with E-state index in [9.17, 15) is 4.79 Å². The Morgan fingerprint density at radius 1 is 1.19 bits per heavy atom. The van der Waals surface area contributed by atoms with Crippen molar-refractivity contribution in [2.75, 3.05) is 0 Å². The minimum Gasteiger partial charge on any atom is -0.342 e. The van der Waals surface area contributed by atoms with Gasteiger partial charge in [0.1, 0.15) is 5.82 Å². The number of nitrogens with zero attached hydrogens (tertiary/aromatic N) is 1. The van der Waals surface area contributed by atoms with Gasteiger partial charge in [-0.05, 0) is 31.2 Å². The lowest BCUT2D eigenvalue weighted by Gasteiger charge is -2.12. The van der Waals surface area contributed by atoms with E-state index in [2.05, 4.69) is 15.3 Å². The molecule has 21 heavy (non-hydrogen) atoms. The maximum Gasteiger partial charge on any atom is 0.253 e. The predicted octanol–water partition coefficient (Wildman–Crippen LogP) is 3.71. The van der Waals surface area contributed by atoms with Gasteiger partial charge in [0, 0.05) is 0 Å². The average Bonchev–Trinajstić information content (AvgIpc) is 2.91. The molecule has 0 unspecified atom stereocenters. The van der Waals surface area contributed by atoms with E-state index in [1.54, 1.807) is 24.3 Å². The van der Waals surface area contributed by atoms with Crippen LogP contribution in [-0.2, 0) is 0 Å². The van der Waals surface area contributed by atoms with Crippen molar-refractivity contribution in [1.82, 2.24) is 15.3 Å². The minimum atomic E-state index is -0.235. The zero-order valence-corrected chi connectivity index (χ0v) is 12.2. The Morgan fingerprint density at radius 2 is 1.90 bits per heavy atom. The Labute approximate surface area is 127 Å². The molecule has 2 N–H and O–H groups in total. The van der Waals surface area contributed by atoms with Crippen LogP contribution in [0.15, 0.2) is 48.5 Å². The molecule has 0 saturated heterocycles. The summed E-state index contributed by atoms with van der Waals surface area (Å²) >= 11 is 6.03. The van der Waals surface area contributed by atoms with Crippen LogP contribution in [0.1, 0.15) is 29.1 Å². The van der Waals surface area contributed by atoms with Crippen LogP contribution in [0, 0.1) is 0 Å². The Bertz CT molecular complexity index is 764. The zero-order valence-electron chi connectivity index (χ0n) is 11.4. The van der Waals surface area contributed by atoms with E-state index in [-0.39, 0.29) is 11.9 Å². The fourth-order valence-electron chi connectivity index (χ4n) is 2.17. The number of H-pyrrole nitrogens is 1. The molecule has 0 aliphatic heterocycles. The van der Waals surface area contributed by atoms with Gasteiger partial charge in [-0.15, -0.1) is 0 Å². The fourth-order valence-corrected chi connectivity index (χ4v) is 2.39. The van der Waals surface area contributed by atoms with E-state index >= 15 is 0 Å². The van der Waals surface area contributed by atoms with Gasteiger partial charge in [-0.25, -0.2) is 4.98 Å². The molecule has 0 bridgehead atoms. The van der Waals surface area contributed by atoms with Crippen LogP contribution in [0.25, 0.3) is 11.0 Å². The third-order valence-electron chi connectivity index (χ3n) is 3.28. The molecule has 0 aliphatic rings. The third-order valence-corrected chi connectivity index (χ3v) is 3.61. The van der Waals surface area contributed by atoms with Crippen molar-refractivity contribution in [2.45, 2.75) is 13.0 Å². The smallest absolute Gasteiger partial charge is 0.253 e. The quantitative estimate of drug-likeness (QED) is 0.774. The van der Waals surface area contributed by atoms with E-state index in [0.29, 0.717) is 10.6 Å². The molecule has 1 amide bonds. The highest BCUT2D eigenvalue weighted by atomic mass is 35.5. The summed E-state index contributed by atoms with van der Waals surface area (Å²) < 4.78 is 0. The summed E-state index contributed by atoms with van der Waals surface area (Å²) in [5, 5.41) is 3.33. The summed E-state index contributed by atoms with van der Waals surface area (Å²) in [4.78, 5) is 19.9. The van der Waals surface area contributed by atoms with E-state index in [1.165, 1.54) is 0 Å². The molecule has 3 aromatic rings. The van der Waals surface area contributed by atoms with Crippen molar-refractivity contribution in [3.8, 4) is 0 Å². The van der Waals surface area contributed by atoms with Gasteiger partial charge in [0.15, 0.2) is 0 Å². The molecule has 0 fully saturated rings. The zero-order chi connectivity index (χ0) is 14.8. The number of carbonyl (C=O) groups is 1. The number of fused-ring (bicyclic) bond motifs is 1. The molecule has 0 spiro atoms. The van der Waals surface area contributed by atoms with Crippen molar-refractivity contribution in [3.05, 3.63) is 64.9 Å². The molecule has 3 rings (SSSR count). The number of hydrogen-bond donors (Lipinski definition) is 2. The predicted molar refractivity (Wildman–Crippen MR) is 83.4 cm³/mol. The number of carbonyl (C=O) groups excluding carboxylic acids is 1. The first-order chi connectivity index (χ1) is 10.1. The summed E-state index contributed by atoms with van der Waals surface area (Å²) in [5.41, 5.74) is 2.29. The summed E-state index contributed by atoms with van der Waals surface area (Å²) in [6, 6.07) is 14.5. The molecule has 1 heterocycles. The van der Waals surface area contributed by atoms with Gasteiger partial charge in [-0.2, -0.15) is 0 Å². The standard InChI is InChI=1S/C16H14ClN3O/c1-10(15-19-13-8-4-5-9-14(13)20-15)18-16(21)11-6-2-3-7-12(11)17/h2-10H,1H3,(H,18,21)(H,19,20)/t10-/m1/s1. The van der Waals surface area contributed by atoms with Gasteiger partial charge in [-0.1, -0.05) is 35.9 Å².